The number of hydrogen-bond acceptors (Lipinski definition) is 4. The van der Waals surface area contributed by atoms with Crippen molar-refractivity contribution < 1.29 is 18.7 Å². The van der Waals surface area contributed by atoms with Gasteiger partial charge >= 0.3 is 5.97 Å². The van der Waals surface area contributed by atoms with Crippen molar-refractivity contribution in [1.29, 1.82) is 0 Å². The number of esters is 1. The summed E-state index contributed by atoms with van der Waals surface area (Å²) in [4.78, 5) is 24.1. The SMILES string of the molecule is COC(=O)c1ccc(F)cc1NC(=O)C1(C)CCCC1N. The largest absolute Gasteiger partial charge is 0.465 e. The highest BCUT2D eigenvalue weighted by Crippen LogP contribution is 2.38. The number of carbonyl (C=O) groups is 2. The number of nitrogens with one attached hydrogen (secondary N) is 1. The third kappa shape index (κ3) is 2.90. The van der Waals surface area contributed by atoms with Gasteiger partial charge in [0.2, 0.25) is 5.91 Å². The van der Waals surface area contributed by atoms with Crippen molar-refractivity contribution in [2.45, 2.75) is 32.2 Å². The standard InChI is InChI=1S/C15H19FN2O3/c1-15(7-3-4-12(15)17)14(20)18-11-8-9(16)5-6-10(11)13(19)21-2/h5-6,8,12H,3-4,7,17H2,1-2H3,(H,18,20). The summed E-state index contributed by atoms with van der Waals surface area (Å²) in [6.45, 7) is 1.79. The fourth-order valence-corrected chi connectivity index (χ4v) is 2.65. The van der Waals surface area contributed by atoms with Crippen molar-refractivity contribution in [2.24, 2.45) is 11.1 Å². The molecule has 2 unspecified atom stereocenters. The van der Waals surface area contributed by atoms with E-state index in [4.69, 9.17) is 5.73 Å². The Balaban J connectivity index is 2.28. The summed E-state index contributed by atoms with van der Waals surface area (Å²) in [6.07, 6.45) is 2.32. The molecular weight excluding hydrogens is 275 g/mol. The first-order chi connectivity index (χ1) is 9.88. The number of rotatable bonds is 3. The van der Waals surface area contributed by atoms with Crippen molar-refractivity contribution in [3.05, 3.63) is 29.6 Å². The second-order valence-electron chi connectivity index (χ2n) is 5.55. The predicted octanol–water partition coefficient (Wildman–Crippen LogP) is 2.07. The molecule has 0 aromatic heterocycles. The lowest BCUT2D eigenvalue weighted by atomic mass is 9.84. The number of ether oxygens (including phenoxy) is 1. The predicted molar refractivity (Wildman–Crippen MR) is 76.3 cm³/mol. The Morgan fingerprint density at radius 2 is 2.19 bits per heavy atom. The number of carbonyl (C=O) groups excluding carboxylic acids is 2. The second kappa shape index (κ2) is 5.81. The number of amides is 1. The van der Waals surface area contributed by atoms with Crippen LogP contribution in [0.3, 0.4) is 0 Å². The molecule has 0 radical (unpaired) electrons. The molecule has 0 heterocycles. The Morgan fingerprint density at radius 1 is 1.48 bits per heavy atom. The van der Waals surface area contributed by atoms with Gasteiger partial charge in [0.1, 0.15) is 5.82 Å². The zero-order chi connectivity index (χ0) is 15.6. The van der Waals surface area contributed by atoms with E-state index in [1.807, 2.05) is 0 Å². The van der Waals surface area contributed by atoms with E-state index in [9.17, 15) is 14.0 Å². The average molecular weight is 294 g/mol. The summed E-state index contributed by atoms with van der Waals surface area (Å²) in [7, 11) is 1.23. The van der Waals surface area contributed by atoms with Gasteiger partial charge in [0.15, 0.2) is 0 Å². The van der Waals surface area contributed by atoms with Crippen LogP contribution in [-0.4, -0.2) is 25.0 Å². The minimum absolute atomic E-state index is 0.104. The lowest BCUT2D eigenvalue weighted by molar-refractivity contribution is -0.125. The highest BCUT2D eigenvalue weighted by Gasteiger charge is 2.43. The van der Waals surface area contributed by atoms with Gasteiger partial charge in [-0.15, -0.1) is 0 Å². The fraction of sp³-hybridized carbons (Fsp3) is 0.467. The molecule has 5 nitrogen and oxygen atoms in total. The maximum absolute atomic E-state index is 13.4. The van der Waals surface area contributed by atoms with E-state index >= 15 is 0 Å². The summed E-state index contributed by atoms with van der Waals surface area (Å²) in [5.74, 6) is -1.48. The number of nitrogens with two attached hydrogens (primary N) is 1. The topological polar surface area (TPSA) is 81.4 Å². The summed E-state index contributed by atoms with van der Waals surface area (Å²) in [5, 5.41) is 2.62. The molecule has 2 atom stereocenters. The number of benzene rings is 1. The van der Waals surface area contributed by atoms with Crippen LogP contribution in [0.1, 0.15) is 36.5 Å². The van der Waals surface area contributed by atoms with E-state index in [-0.39, 0.29) is 23.2 Å². The van der Waals surface area contributed by atoms with Crippen LogP contribution in [0.2, 0.25) is 0 Å². The summed E-state index contributed by atoms with van der Waals surface area (Å²) >= 11 is 0. The lowest BCUT2D eigenvalue weighted by Gasteiger charge is -2.27. The molecule has 0 saturated heterocycles. The number of hydrogen-bond donors (Lipinski definition) is 2. The minimum atomic E-state index is -0.709. The van der Waals surface area contributed by atoms with Gasteiger partial charge in [-0.2, -0.15) is 0 Å². The number of methoxy groups -OCH3 is 1. The van der Waals surface area contributed by atoms with Crippen LogP contribution < -0.4 is 11.1 Å². The average Bonchev–Trinajstić information content (AvgIpc) is 2.79. The van der Waals surface area contributed by atoms with Crippen LogP contribution in [0, 0.1) is 11.2 Å². The Hall–Kier alpha value is -1.95. The van der Waals surface area contributed by atoms with Crippen molar-refractivity contribution in [3.63, 3.8) is 0 Å². The van der Waals surface area contributed by atoms with Gasteiger partial charge in [0, 0.05) is 6.04 Å². The second-order valence-corrected chi connectivity index (χ2v) is 5.55. The normalized spacial score (nSPS) is 24.7. The first-order valence-electron chi connectivity index (χ1n) is 6.83. The molecule has 0 bridgehead atoms. The van der Waals surface area contributed by atoms with Gasteiger partial charge < -0.3 is 15.8 Å². The Kier molecular flexibility index (Phi) is 4.27. The molecule has 0 spiro atoms. The maximum Gasteiger partial charge on any atom is 0.339 e. The lowest BCUT2D eigenvalue weighted by Crippen LogP contribution is -2.44. The van der Waals surface area contributed by atoms with E-state index in [2.05, 4.69) is 10.1 Å². The van der Waals surface area contributed by atoms with Crippen molar-refractivity contribution in [2.75, 3.05) is 12.4 Å². The van der Waals surface area contributed by atoms with Crippen LogP contribution in [0.4, 0.5) is 10.1 Å². The van der Waals surface area contributed by atoms with Crippen LogP contribution in [-0.2, 0) is 9.53 Å². The molecule has 1 amide bonds. The van der Waals surface area contributed by atoms with Gasteiger partial charge in [0.05, 0.1) is 23.8 Å². The van der Waals surface area contributed by atoms with Crippen LogP contribution in [0.5, 0.6) is 0 Å². The quantitative estimate of drug-likeness (QED) is 0.836. The van der Waals surface area contributed by atoms with Crippen LogP contribution >= 0.6 is 0 Å². The Bertz CT molecular complexity index is 576. The number of halogens is 1. The molecular formula is C15H19FN2O3. The smallest absolute Gasteiger partial charge is 0.339 e. The molecule has 1 aromatic carbocycles. The van der Waals surface area contributed by atoms with Gasteiger partial charge in [-0.05, 0) is 38.0 Å². The molecule has 1 aliphatic rings. The van der Waals surface area contributed by atoms with Crippen molar-refractivity contribution in [3.8, 4) is 0 Å². The number of anilines is 1. The fourth-order valence-electron chi connectivity index (χ4n) is 2.65. The van der Waals surface area contributed by atoms with Gasteiger partial charge in [-0.25, -0.2) is 9.18 Å². The van der Waals surface area contributed by atoms with E-state index in [0.29, 0.717) is 6.42 Å². The maximum atomic E-state index is 13.4. The molecule has 6 heteroatoms. The van der Waals surface area contributed by atoms with Gasteiger partial charge in [0.25, 0.3) is 0 Å². The Morgan fingerprint density at radius 3 is 2.76 bits per heavy atom. The molecule has 1 aromatic rings. The monoisotopic (exact) mass is 294 g/mol. The van der Waals surface area contributed by atoms with E-state index in [0.717, 1.165) is 25.0 Å². The molecule has 0 aliphatic heterocycles. The molecule has 1 aliphatic carbocycles. The van der Waals surface area contributed by atoms with E-state index < -0.39 is 17.2 Å². The van der Waals surface area contributed by atoms with E-state index in [1.54, 1.807) is 6.92 Å². The molecule has 1 saturated carbocycles. The van der Waals surface area contributed by atoms with Gasteiger partial charge in [-0.3, -0.25) is 4.79 Å². The molecule has 21 heavy (non-hydrogen) atoms. The summed E-state index contributed by atoms with van der Waals surface area (Å²) in [5.41, 5.74) is 5.50. The van der Waals surface area contributed by atoms with Gasteiger partial charge in [-0.1, -0.05) is 6.42 Å². The minimum Gasteiger partial charge on any atom is -0.465 e. The zero-order valence-corrected chi connectivity index (χ0v) is 12.1. The zero-order valence-electron chi connectivity index (χ0n) is 12.1. The molecule has 3 N–H and O–H groups in total. The summed E-state index contributed by atoms with van der Waals surface area (Å²) in [6, 6.07) is 3.29. The molecule has 2 rings (SSSR count). The van der Waals surface area contributed by atoms with Crippen LogP contribution in [0.15, 0.2) is 18.2 Å². The third-order valence-electron chi connectivity index (χ3n) is 4.18. The third-order valence-corrected chi connectivity index (χ3v) is 4.18. The van der Waals surface area contributed by atoms with Crippen LogP contribution in [0.25, 0.3) is 0 Å². The van der Waals surface area contributed by atoms with Crippen molar-refractivity contribution >= 4 is 17.6 Å². The first kappa shape index (κ1) is 15.4. The first-order valence-corrected chi connectivity index (χ1v) is 6.83. The highest BCUT2D eigenvalue weighted by molar-refractivity contribution is 6.03. The summed E-state index contributed by atoms with van der Waals surface area (Å²) < 4.78 is 18.0. The van der Waals surface area contributed by atoms with E-state index in [1.165, 1.54) is 13.2 Å². The Labute approximate surface area is 122 Å². The van der Waals surface area contributed by atoms with Crippen molar-refractivity contribution in [1.82, 2.24) is 0 Å². The molecule has 114 valence electrons. The molecule has 1 fully saturated rings. The highest BCUT2D eigenvalue weighted by atomic mass is 19.1.